The molecule has 1 atom stereocenters. The molecule has 0 spiro atoms. The van der Waals surface area contributed by atoms with Gasteiger partial charge < -0.3 is 15.2 Å². The molecule has 0 radical (unpaired) electrons. The van der Waals surface area contributed by atoms with Crippen molar-refractivity contribution in [2.45, 2.75) is 25.4 Å². The average molecular weight is 280 g/mol. The number of nitrogens with two attached hydrogens (primary N) is 1. The van der Waals surface area contributed by atoms with E-state index in [2.05, 4.69) is 12.1 Å². The van der Waals surface area contributed by atoms with Gasteiger partial charge in [0.25, 0.3) is 0 Å². The number of ether oxygens (including phenoxy) is 2. The zero-order valence-corrected chi connectivity index (χ0v) is 11.3. The van der Waals surface area contributed by atoms with Crippen LogP contribution in [0.25, 0.3) is 5.57 Å². The van der Waals surface area contributed by atoms with Crippen LogP contribution in [0.15, 0.2) is 17.9 Å². The lowest BCUT2D eigenvalue weighted by atomic mass is 9.90. The van der Waals surface area contributed by atoms with Gasteiger partial charge in [-0.15, -0.1) is 0 Å². The topological polar surface area (TPSA) is 61.6 Å². The summed E-state index contributed by atoms with van der Waals surface area (Å²) in [4.78, 5) is 10.9. The third-order valence-electron chi connectivity index (χ3n) is 3.04. The molecule has 19 heavy (non-hydrogen) atoms. The van der Waals surface area contributed by atoms with E-state index in [9.17, 15) is 4.79 Å². The summed E-state index contributed by atoms with van der Waals surface area (Å²) in [6.07, 6.45) is 1.11. The first-order chi connectivity index (χ1) is 9.13. The summed E-state index contributed by atoms with van der Waals surface area (Å²) in [5.41, 5.74) is 6.83. The Balaban J connectivity index is 2.42. The minimum absolute atomic E-state index is 0.452. The highest BCUT2D eigenvalue weighted by atomic mass is 35.5. The summed E-state index contributed by atoms with van der Waals surface area (Å²) >= 11 is 6.12. The van der Waals surface area contributed by atoms with Crippen molar-refractivity contribution < 1.29 is 14.3 Å². The molecule has 2 N–H and O–H groups in total. The van der Waals surface area contributed by atoms with E-state index >= 15 is 0 Å². The maximum atomic E-state index is 10.9. The zero-order chi connectivity index (χ0) is 13.8. The van der Waals surface area contributed by atoms with E-state index in [1.54, 1.807) is 13.2 Å². The Morgan fingerprint density at radius 2 is 2.37 bits per heavy atom. The van der Waals surface area contributed by atoms with Gasteiger partial charge in [0.15, 0.2) is 6.10 Å². The van der Waals surface area contributed by atoms with Crippen LogP contribution in [0.4, 0.5) is 4.79 Å². The summed E-state index contributed by atoms with van der Waals surface area (Å²) in [5.74, 6) is 0.603. The maximum absolute atomic E-state index is 10.9. The van der Waals surface area contributed by atoms with E-state index in [1.807, 2.05) is 6.07 Å². The second-order valence-electron chi connectivity index (χ2n) is 4.20. The zero-order valence-electron chi connectivity index (χ0n) is 10.5. The molecule has 1 aromatic carbocycles. The van der Waals surface area contributed by atoms with Gasteiger partial charge in [-0.05, 0) is 37.5 Å². The van der Waals surface area contributed by atoms with Crippen LogP contribution < -0.4 is 5.73 Å². The largest absolute Gasteiger partial charge is 0.497 e. The van der Waals surface area contributed by atoms with Gasteiger partial charge in [-0.25, -0.2) is 4.79 Å². The smallest absolute Gasteiger partial charge is 0.405 e. The van der Waals surface area contributed by atoms with Gasteiger partial charge in [0, 0.05) is 11.1 Å². The van der Waals surface area contributed by atoms with E-state index in [0.29, 0.717) is 17.2 Å². The molecule has 1 aliphatic carbocycles. The summed E-state index contributed by atoms with van der Waals surface area (Å²) in [6.45, 7) is 0. The highest BCUT2D eigenvalue weighted by Gasteiger charge is 2.28. The lowest BCUT2D eigenvalue weighted by Crippen LogP contribution is -2.28. The molecule has 0 aromatic heterocycles. The lowest BCUT2D eigenvalue weighted by Gasteiger charge is -2.27. The number of carbonyl (C=O) groups is 1. The Bertz CT molecular complexity index is 513. The number of halogens is 1. The number of primary amides is 1. The number of hydrogen-bond donors (Lipinski definition) is 1. The molecule has 1 amide bonds. The number of rotatable bonds is 3. The van der Waals surface area contributed by atoms with Gasteiger partial charge in [-0.1, -0.05) is 17.7 Å². The summed E-state index contributed by atoms with van der Waals surface area (Å²) in [6, 6.07) is 9.19. The van der Waals surface area contributed by atoms with Gasteiger partial charge >= 0.3 is 6.09 Å². The van der Waals surface area contributed by atoms with Crippen LogP contribution in [0, 0.1) is 12.1 Å². The molecule has 2 rings (SSSR count). The Hall–Kier alpha value is -1.86. The fourth-order valence-electron chi connectivity index (χ4n) is 2.29. The van der Waals surface area contributed by atoms with E-state index in [1.165, 1.54) is 0 Å². The Morgan fingerprint density at radius 1 is 1.58 bits per heavy atom. The van der Waals surface area contributed by atoms with Crippen molar-refractivity contribution in [1.29, 1.82) is 0 Å². The SMILES string of the molecule is COC1=C(c2ccc#cc2Cl)CCC[C@@H]1OC(N)=O. The number of allylic oxidation sites excluding steroid dienone is 1. The van der Waals surface area contributed by atoms with Crippen molar-refractivity contribution in [3.05, 3.63) is 40.6 Å². The standard InChI is InChI=1S/C14H14ClNO3/c1-18-13-10(9-5-2-3-7-11(9)15)6-4-8-12(13)19-14(16)17/h2,5,12H,4,6,8H2,1H3,(H2,16,17)/t12-/m0/s1. The molecule has 0 bridgehead atoms. The quantitative estimate of drug-likeness (QED) is 0.925. The number of methoxy groups -OCH3 is 1. The molecule has 1 aromatic rings. The van der Waals surface area contributed by atoms with E-state index in [4.69, 9.17) is 26.8 Å². The van der Waals surface area contributed by atoms with Gasteiger partial charge in [0.05, 0.1) is 12.1 Å². The molecule has 0 saturated carbocycles. The second-order valence-corrected chi connectivity index (χ2v) is 4.57. The van der Waals surface area contributed by atoms with Gasteiger partial charge in [-0.3, -0.25) is 0 Å². The first-order valence-electron chi connectivity index (χ1n) is 5.95. The van der Waals surface area contributed by atoms with Crippen LogP contribution >= 0.6 is 11.6 Å². The highest BCUT2D eigenvalue weighted by molar-refractivity contribution is 6.32. The molecule has 0 saturated heterocycles. The molecule has 4 nitrogen and oxygen atoms in total. The van der Waals surface area contributed by atoms with Gasteiger partial charge in [0.2, 0.25) is 0 Å². The predicted octanol–water partition coefficient (Wildman–Crippen LogP) is 2.95. The fourth-order valence-corrected chi connectivity index (χ4v) is 2.52. The van der Waals surface area contributed by atoms with Gasteiger partial charge in [-0.2, -0.15) is 0 Å². The van der Waals surface area contributed by atoms with Crippen LogP contribution in [-0.2, 0) is 9.47 Å². The third kappa shape index (κ3) is 2.94. The third-order valence-corrected chi connectivity index (χ3v) is 3.34. The van der Waals surface area contributed by atoms with Gasteiger partial charge in [0.1, 0.15) is 5.76 Å². The van der Waals surface area contributed by atoms with Crippen molar-refractivity contribution in [2.75, 3.05) is 7.11 Å². The number of carbonyl (C=O) groups excluding carboxylic acids is 1. The number of hydrogen-bond acceptors (Lipinski definition) is 3. The molecule has 0 heterocycles. The fraction of sp³-hybridized carbons (Fsp3) is 0.357. The summed E-state index contributed by atoms with van der Waals surface area (Å²) < 4.78 is 10.5. The number of amides is 1. The Morgan fingerprint density at radius 3 is 3.00 bits per heavy atom. The van der Waals surface area contributed by atoms with Crippen molar-refractivity contribution in [1.82, 2.24) is 0 Å². The molecular weight excluding hydrogens is 266 g/mol. The normalized spacial score (nSPS) is 18.7. The van der Waals surface area contributed by atoms with Crippen molar-refractivity contribution in [3.63, 3.8) is 0 Å². The van der Waals surface area contributed by atoms with Crippen LogP contribution in [-0.4, -0.2) is 19.3 Å². The molecule has 0 fully saturated rings. The average Bonchev–Trinajstić information content (AvgIpc) is 2.38. The predicted molar refractivity (Wildman–Crippen MR) is 71.4 cm³/mol. The lowest BCUT2D eigenvalue weighted by molar-refractivity contribution is 0.0788. The van der Waals surface area contributed by atoms with E-state index in [0.717, 1.165) is 24.0 Å². The monoisotopic (exact) mass is 279 g/mol. The van der Waals surface area contributed by atoms with Crippen LogP contribution in [0.1, 0.15) is 24.8 Å². The van der Waals surface area contributed by atoms with Crippen LogP contribution in [0.2, 0.25) is 5.02 Å². The molecule has 0 aliphatic heterocycles. The van der Waals surface area contributed by atoms with Crippen LogP contribution in [0.5, 0.6) is 0 Å². The minimum atomic E-state index is -0.806. The molecule has 1 aliphatic rings. The summed E-state index contributed by atoms with van der Waals surface area (Å²) in [5, 5.41) is 0.478. The van der Waals surface area contributed by atoms with Crippen LogP contribution in [0.3, 0.4) is 0 Å². The van der Waals surface area contributed by atoms with Crippen molar-refractivity contribution >= 4 is 23.3 Å². The molecule has 100 valence electrons. The first kappa shape index (κ1) is 13.6. The minimum Gasteiger partial charge on any atom is -0.497 e. The highest BCUT2D eigenvalue weighted by Crippen LogP contribution is 2.36. The second kappa shape index (κ2) is 5.85. The van der Waals surface area contributed by atoms with Crippen molar-refractivity contribution in [3.8, 4) is 0 Å². The van der Waals surface area contributed by atoms with E-state index in [-0.39, 0.29) is 0 Å². The molecular formula is C14H14ClNO3. The molecule has 5 heteroatoms. The Labute approximate surface area is 117 Å². The summed E-state index contributed by atoms with van der Waals surface area (Å²) in [7, 11) is 1.55. The molecule has 0 unspecified atom stereocenters. The van der Waals surface area contributed by atoms with E-state index < -0.39 is 12.2 Å². The Kier molecular flexibility index (Phi) is 4.18. The van der Waals surface area contributed by atoms with Crippen molar-refractivity contribution in [2.24, 2.45) is 5.73 Å². The maximum Gasteiger partial charge on any atom is 0.405 e. The first-order valence-corrected chi connectivity index (χ1v) is 6.32.